The van der Waals surface area contributed by atoms with Crippen molar-refractivity contribution in [3.05, 3.63) is 130 Å². The molecule has 2 fully saturated rings. The summed E-state index contributed by atoms with van der Waals surface area (Å²) >= 11 is 12.1. The number of carboxylic acids is 1. The van der Waals surface area contributed by atoms with Crippen LogP contribution in [0.15, 0.2) is 97.3 Å². The molecule has 1 amide bonds. The number of hydrogen-bond donors (Lipinski definition) is 4. The summed E-state index contributed by atoms with van der Waals surface area (Å²) in [5, 5.41) is 16.0. The van der Waals surface area contributed by atoms with E-state index in [0.29, 0.717) is 57.2 Å². The van der Waals surface area contributed by atoms with Crippen LogP contribution in [-0.4, -0.2) is 116 Å². The summed E-state index contributed by atoms with van der Waals surface area (Å²) in [4.78, 5) is 37.6. The van der Waals surface area contributed by atoms with Crippen molar-refractivity contribution >= 4 is 65.2 Å². The fourth-order valence-corrected chi connectivity index (χ4v) is 8.38. The number of carbonyl (C=O) groups excluding carboxylic acids is 1. The van der Waals surface area contributed by atoms with E-state index < -0.39 is 5.97 Å². The van der Waals surface area contributed by atoms with Crippen LogP contribution in [0.4, 0.5) is 0 Å². The normalized spacial score (nSPS) is 19.1. The van der Waals surface area contributed by atoms with Crippen LogP contribution in [0.25, 0.3) is 21.8 Å². The first-order valence-electron chi connectivity index (χ1n) is 22.2. The van der Waals surface area contributed by atoms with Crippen LogP contribution in [-0.2, 0) is 13.1 Å². The largest absolute Gasteiger partial charge is 0.493 e. The Balaban J connectivity index is 0.000000223. The summed E-state index contributed by atoms with van der Waals surface area (Å²) in [5.74, 6) is 0.100. The number of benzene rings is 4. The smallest absolute Gasteiger partial charge is 0.339 e. The zero-order valence-corrected chi connectivity index (χ0v) is 42.6. The molecule has 333 valence electrons. The standard InChI is InChI=1S/C24H28ClN3O2.C13H19ClN2.C11H11NO3.BH2.U/c1-4-30-23-12-22-19(8-9-26-22)11-21(23)24(29)28-14-16(2)27(13-17(28)3)15-18-6-5-7-20(25)10-18;1-10-8-16(11(2)7-15-10)9-12-4-3-5-13(14)6-12;1-2-15-10-6-9-7(3-4-12-9)5-8(10)11(13)14;;/h5-12,16-17,26H,4,13-15H2,1-3H3;3-6,10-11,15H,7-9H2,1-2H3;3-6,12H,2H2,1H3,(H,13,14);1H2;/t16-,17+;10-,11+;;;/m01.../s1/i;;;1T2;. The van der Waals surface area contributed by atoms with Gasteiger partial charge in [0, 0.05) is 151 Å². The number of piperazine rings is 2. The van der Waals surface area contributed by atoms with Crippen LogP contribution in [0.1, 0.15) is 73.4 Å². The van der Waals surface area contributed by atoms with Gasteiger partial charge >= 0.3 is 5.97 Å². The number of halogens is 2. The first-order valence-corrected chi connectivity index (χ1v) is 21.8. The number of carbonyl (C=O) groups is 2. The van der Waals surface area contributed by atoms with Gasteiger partial charge < -0.3 is 34.8 Å². The van der Waals surface area contributed by atoms with E-state index in [9.17, 15) is 9.59 Å². The van der Waals surface area contributed by atoms with E-state index in [1.165, 1.54) is 11.1 Å². The molecule has 4 heterocycles. The number of aromatic nitrogens is 2. The van der Waals surface area contributed by atoms with Crippen molar-refractivity contribution in [2.75, 3.05) is 39.4 Å². The number of carboxylic acid groups (broad SMARTS) is 1. The molecule has 2 aliphatic rings. The van der Waals surface area contributed by atoms with Crippen LogP contribution < -0.4 is 14.8 Å². The fourth-order valence-electron chi connectivity index (χ4n) is 7.96. The summed E-state index contributed by atoms with van der Waals surface area (Å²) < 4.78 is 22.6. The number of H-pyrrole nitrogens is 2. The van der Waals surface area contributed by atoms with Gasteiger partial charge in [-0.1, -0.05) is 47.5 Å². The van der Waals surface area contributed by atoms with E-state index in [0.717, 1.165) is 64.6 Å². The van der Waals surface area contributed by atoms with Gasteiger partial charge in [-0.05, 0) is 104 Å². The Morgan fingerprint density at radius 2 is 1.24 bits per heavy atom. The summed E-state index contributed by atoms with van der Waals surface area (Å²) in [6.07, 6.45) is 3.65. The minimum absolute atomic E-state index is 0. The molecule has 1 radical (unpaired) electrons. The van der Waals surface area contributed by atoms with Crippen LogP contribution in [0.5, 0.6) is 11.5 Å². The summed E-state index contributed by atoms with van der Waals surface area (Å²) in [5.41, 5.74) is 5.17. The number of hydrogen-bond acceptors (Lipinski definition) is 7. The van der Waals surface area contributed by atoms with Crippen molar-refractivity contribution in [1.82, 2.24) is 30.0 Å². The maximum atomic E-state index is 13.5. The molecule has 11 nitrogen and oxygen atoms in total. The molecule has 8 rings (SSSR count). The van der Waals surface area contributed by atoms with Gasteiger partial charge in [-0.25, -0.2) is 4.79 Å². The van der Waals surface area contributed by atoms with Gasteiger partial charge in [0.05, 0.1) is 27.1 Å². The third-order valence-corrected chi connectivity index (χ3v) is 11.7. The van der Waals surface area contributed by atoms with Crippen LogP contribution >= 0.6 is 23.2 Å². The Morgan fingerprint density at radius 3 is 1.75 bits per heavy atom. The Labute approximate surface area is 409 Å². The quantitative estimate of drug-likeness (QED) is 0.100. The monoisotopic (exact) mass is 1120 g/mol. The molecule has 4 atom stereocenters. The molecule has 4 aromatic carbocycles. The maximum Gasteiger partial charge on any atom is 0.339 e. The molecule has 0 spiro atoms. The van der Waals surface area contributed by atoms with E-state index in [1.54, 1.807) is 18.3 Å². The van der Waals surface area contributed by atoms with Gasteiger partial charge in [0.1, 0.15) is 17.1 Å². The van der Waals surface area contributed by atoms with Crippen LogP contribution in [0, 0.1) is 31.1 Å². The predicted octanol–water partition coefficient (Wildman–Crippen LogP) is 8.83. The maximum absolute atomic E-state index is 13.5. The van der Waals surface area contributed by atoms with Crippen molar-refractivity contribution in [1.29, 1.82) is 2.67 Å². The van der Waals surface area contributed by atoms with Gasteiger partial charge in [-0.3, -0.25) is 14.6 Å². The van der Waals surface area contributed by atoms with Gasteiger partial charge in [-0.2, -0.15) is 0 Å². The Morgan fingerprint density at radius 1 is 0.730 bits per heavy atom. The summed E-state index contributed by atoms with van der Waals surface area (Å²) in [7, 11) is 0.500. The zero-order valence-electron chi connectivity index (χ0n) is 39.0. The van der Waals surface area contributed by atoms with E-state index in [4.69, 9.17) is 40.5 Å². The molecular formula is C48H60BCl2N6O5U. The van der Waals surface area contributed by atoms with Gasteiger partial charge in [0.2, 0.25) is 0 Å². The molecular weight excluding hydrogens is 1060 g/mol. The third kappa shape index (κ3) is 13.8. The van der Waals surface area contributed by atoms with Gasteiger partial charge in [-0.15, -0.1) is 0 Å². The molecule has 63 heavy (non-hydrogen) atoms. The van der Waals surface area contributed by atoms with E-state index in [-0.39, 0.29) is 54.7 Å². The third-order valence-electron chi connectivity index (χ3n) is 11.2. The molecule has 2 saturated heterocycles. The first-order chi connectivity index (χ1) is 30.7. The topological polar surface area (TPSA) is 126 Å². The second kappa shape index (κ2) is 24.4. The van der Waals surface area contributed by atoms with Crippen molar-refractivity contribution in [3.63, 3.8) is 0 Å². The SMILES string of the molecule is CCOc1cc2[nH]ccc2cc1C(=O)N1C[C@H](C)N(Cc2cccc(Cl)c2)C[C@H]1C.CCOc1cc2[nH]ccc2cc1C(=O)O.C[C@@H]1CN(Cc2cccc(Cl)c2)[C@@H](C)CN1.[3H][B][3H].[U]. The van der Waals surface area contributed by atoms with E-state index in [2.05, 4.69) is 71.0 Å². The number of aromatic amines is 2. The van der Waals surface area contributed by atoms with Crippen molar-refractivity contribution < 1.29 is 55.3 Å². The second-order valence-electron chi connectivity index (χ2n) is 15.9. The minimum atomic E-state index is -0.971. The molecule has 0 bridgehead atoms. The van der Waals surface area contributed by atoms with E-state index in [1.807, 2.05) is 79.5 Å². The number of fused-ring (bicyclic) bond motifs is 2. The van der Waals surface area contributed by atoms with Gasteiger partial charge in [0.15, 0.2) is 0 Å². The fraction of sp³-hybridized carbons (Fsp3) is 0.375. The average Bonchev–Trinajstić information content (AvgIpc) is 3.93. The number of ether oxygens (including phenoxy) is 2. The predicted molar refractivity (Wildman–Crippen MR) is 255 cm³/mol. The molecule has 0 saturated carbocycles. The molecule has 0 unspecified atom stereocenters. The Kier molecular flexibility index (Phi) is 18.8. The molecule has 2 aliphatic heterocycles. The Bertz CT molecular complexity index is 2440. The number of nitrogens with zero attached hydrogens (tertiary/aromatic N) is 3. The van der Waals surface area contributed by atoms with Crippen LogP contribution in [0.2, 0.25) is 10.0 Å². The average molecular weight is 1120 g/mol. The second-order valence-corrected chi connectivity index (χ2v) is 16.8. The van der Waals surface area contributed by atoms with Crippen LogP contribution in [0.3, 0.4) is 0 Å². The first kappa shape index (κ1) is 48.5. The number of aromatic carboxylic acids is 1. The van der Waals surface area contributed by atoms with Crippen molar-refractivity contribution in [2.24, 2.45) is 0 Å². The van der Waals surface area contributed by atoms with Gasteiger partial charge in [0.25, 0.3) is 5.91 Å². The number of nitrogens with one attached hydrogen (secondary N) is 3. The molecule has 2 aromatic heterocycles. The van der Waals surface area contributed by atoms with Crippen molar-refractivity contribution in [2.45, 2.75) is 78.8 Å². The summed E-state index contributed by atoms with van der Waals surface area (Å²) in [6.45, 7) is 19.0. The minimum Gasteiger partial charge on any atom is -0.493 e. The Hall–Kier alpha value is -3.92. The summed E-state index contributed by atoms with van der Waals surface area (Å²) in [6, 6.07) is 28.7. The number of amides is 1. The van der Waals surface area contributed by atoms with Crippen molar-refractivity contribution in [3.8, 4) is 11.5 Å². The molecule has 0 aliphatic carbocycles. The van der Waals surface area contributed by atoms with E-state index >= 15 is 0 Å². The number of rotatable bonds is 10. The molecule has 15 heteroatoms. The molecule has 6 aromatic rings. The zero-order chi connectivity index (χ0) is 46.3. The molecule has 4 N–H and O–H groups in total.